The molecule has 3 aromatic rings. The predicted molar refractivity (Wildman–Crippen MR) is 94.9 cm³/mol. The van der Waals surface area contributed by atoms with Crippen LogP contribution in [0.3, 0.4) is 0 Å². The van der Waals surface area contributed by atoms with Crippen LogP contribution in [-0.4, -0.2) is 10.9 Å². The van der Waals surface area contributed by atoms with Crippen LogP contribution in [0.25, 0.3) is 10.9 Å². The molecule has 4 heteroatoms. The Bertz CT molecular complexity index is 857. The Balaban J connectivity index is 1.85. The van der Waals surface area contributed by atoms with Crippen molar-refractivity contribution >= 4 is 34.1 Å². The van der Waals surface area contributed by atoms with Gasteiger partial charge in [0.1, 0.15) is 0 Å². The number of fused-ring (bicyclic) bond motifs is 1. The molecule has 0 aliphatic rings. The van der Waals surface area contributed by atoms with Crippen LogP contribution in [0.5, 0.6) is 0 Å². The van der Waals surface area contributed by atoms with Gasteiger partial charge in [0, 0.05) is 10.4 Å². The number of hydrogen-bond donors (Lipinski definition) is 1. The van der Waals surface area contributed by atoms with Gasteiger partial charge in [-0.1, -0.05) is 41.9 Å². The van der Waals surface area contributed by atoms with Gasteiger partial charge in [-0.2, -0.15) is 0 Å². The minimum atomic E-state index is -0.670. The maximum absolute atomic E-state index is 12.7. The summed E-state index contributed by atoms with van der Waals surface area (Å²) in [4.78, 5) is 17.1. The average Bonchev–Trinajstić information content (AvgIpc) is 2.55. The molecule has 0 atom stereocenters. The summed E-state index contributed by atoms with van der Waals surface area (Å²) in [6, 6.07) is 17.1. The first-order chi connectivity index (χ1) is 11.0. The zero-order valence-corrected chi connectivity index (χ0v) is 13.8. The van der Waals surface area contributed by atoms with E-state index in [9.17, 15) is 4.79 Å². The molecule has 0 aliphatic heterocycles. The number of carbonyl (C=O) groups is 1. The Morgan fingerprint density at radius 3 is 2.52 bits per heavy atom. The van der Waals surface area contributed by atoms with Crippen molar-refractivity contribution in [1.29, 1.82) is 0 Å². The van der Waals surface area contributed by atoms with Crippen molar-refractivity contribution in [2.75, 3.05) is 5.32 Å². The highest BCUT2D eigenvalue weighted by Crippen LogP contribution is 2.27. The first-order valence-corrected chi connectivity index (χ1v) is 7.77. The van der Waals surface area contributed by atoms with E-state index in [1.54, 1.807) is 18.3 Å². The minimum absolute atomic E-state index is 0.0862. The molecular formula is C19H17ClN2O. The van der Waals surface area contributed by atoms with Crippen LogP contribution in [0.4, 0.5) is 5.69 Å². The molecule has 0 saturated heterocycles. The average molecular weight is 325 g/mol. The van der Waals surface area contributed by atoms with Gasteiger partial charge in [-0.25, -0.2) is 0 Å². The first-order valence-electron chi connectivity index (χ1n) is 7.39. The number of nitrogens with one attached hydrogen (secondary N) is 1. The molecule has 0 unspecified atom stereocenters. The molecule has 116 valence electrons. The Morgan fingerprint density at radius 2 is 1.78 bits per heavy atom. The second-order valence-electron chi connectivity index (χ2n) is 6.00. The molecule has 0 saturated carbocycles. The summed E-state index contributed by atoms with van der Waals surface area (Å²) in [6.45, 7) is 3.78. The van der Waals surface area contributed by atoms with E-state index in [-0.39, 0.29) is 5.91 Å². The second-order valence-corrected chi connectivity index (χ2v) is 6.44. The predicted octanol–water partition coefficient (Wildman–Crippen LogP) is 4.80. The number of aromatic nitrogens is 1. The summed E-state index contributed by atoms with van der Waals surface area (Å²) in [5.41, 5.74) is 1.84. The molecule has 1 heterocycles. The summed E-state index contributed by atoms with van der Waals surface area (Å²) in [5, 5.41) is 4.60. The van der Waals surface area contributed by atoms with Crippen molar-refractivity contribution in [2.45, 2.75) is 19.3 Å². The number of halogens is 1. The number of carbonyl (C=O) groups excluding carboxylic acids is 1. The third-order valence-corrected chi connectivity index (χ3v) is 4.23. The lowest BCUT2D eigenvalue weighted by Gasteiger charge is -2.24. The third kappa shape index (κ3) is 3.20. The summed E-state index contributed by atoms with van der Waals surface area (Å²) in [7, 11) is 0. The normalized spacial score (nSPS) is 11.4. The smallest absolute Gasteiger partial charge is 0.234 e. The van der Waals surface area contributed by atoms with E-state index in [1.165, 1.54) is 0 Å². The Hall–Kier alpha value is -2.39. The van der Waals surface area contributed by atoms with Gasteiger partial charge in [-0.05, 0) is 43.7 Å². The second kappa shape index (κ2) is 6.01. The number of para-hydroxylation sites is 1. The summed E-state index contributed by atoms with van der Waals surface area (Å²) >= 11 is 5.92. The van der Waals surface area contributed by atoms with Crippen molar-refractivity contribution in [3.05, 3.63) is 71.4 Å². The highest BCUT2D eigenvalue weighted by atomic mass is 35.5. The number of nitrogens with zero attached hydrogens (tertiary/aromatic N) is 1. The molecule has 1 N–H and O–H groups in total. The lowest BCUT2D eigenvalue weighted by molar-refractivity contribution is -0.120. The van der Waals surface area contributed by atoms with Crippen molar-refractivity contribution in [3.63, 3.8) is 0 Å². The van der Waals surface area contributed by atoms with Crippen molar-refractivity contribution in [1.82, 2.24) is 4.98 Å². The lowest BCUT2D eigenvalue weighted by Crippen LogP contribution is -2.34. The van der Waals surface area contributed by atoms with Crippen molar-refractivity contribution in [3.8, 4) is 0 Å². The van der Waals surface area contributed by atoms with Gasteiger partial charge in [0.15, 0.2) is 0 Å². The van der Waals surface area contributed by atoms with E-state index in [1.807, 2.05) is 56.3 Å². The van der Waals surface area contributed by atoms with Crippen LogP contribution in [0.1, 0.15) is 19.4 Å². The Kier molecular flexibility index (Phi) is 4.05. The van der Waals surface area contributed by atoms with Gasteiger partial charge in [0.25, 0.3) is 0 Å². The van der Waals surface area contributed by atoms with Crippen molar-refractivity contribution < 1.29 is 4.79 Å². The van der Waals surface area contributed by atoms with Crippen LogP contribution in [0.2, 0.25) is 5.02 Å². The van der Waals surface area contributed by atoms with Crippen LogP contribution in [0.15, 0.2) is 60.8 Å². The molecule has 3 nitrogen and oxygen atoms in total. The lowest BCUT2D eigenvalue weighted by atomic mass is 9.83. The number of rotatable bonds is 3. The van der Waals surface area contributed by atoms with Crippen LogP contribution >= 0.6 is 11.6 Å². The monoisotopic (exact) mass is 324 g/mol. The van der Waals surface area contributed by atoms with E-state index in [2.05, 4.69) is 10.3 Å². The Labute approximate surface area is 140 Å². The SMILES string of the molecule is CC(C)(C(=O)Nc1cnc2ccccc2c1)c1ccc(Cl)cc1. The molecule has 0 radical (unpaired) electrons. The zero-order valence-electron chi connectivity index (χ0n) is 13.0. The minimum Gasteiger partial charge on any atom is -0.324 e. The van der Waals surface area contributed by atoms with E-state index in [0.717, 1.165) is 16.5 Å². The van der Waals surface area contributed by atoms with Gasteiger partial charge in [0.05, 0.1) is 22.8 Å². The van der Waals surface area contributed by atoms with E-state index < -0.39 is 5.41 Å². The maximum atomic E-state index is 12.7. The molecule has 1 amide bonds. The molecule has 0 aliphatic carbocycles. The molecule has 2 aromatic carbocycles. The number of amides is 1. The van der Waals surface area contributed by atoms with Crippen LogP contribution in [-0.2, 0) is 10.2 Å². The van der Waals surface area contributed by atoms with Gasteiger partial charge < -0.3 is 5.32 Å². The highest BCUT2D eigenvalue weighted by Gasteiger charge is 2.29. The first kappa shape index (κ1) is 15.5. The number of anilines is 1. The number of hydrogen-bond acceptors (Lipinski definition) is 2. The molecule has 0 fully saturated rings. The molecule has 3 rings (SSSR count). The fourth-order valence-corrected chi connectivity index (χ4v) is 2.55. The number of pyridine rings is 1. The summed E-state index contributed by atoms with van der Waals surface area (Å²) in [6.07, 6.45) is 1.68. The molecule has 0 bridgehead atoms. The van der Waals surface area contributed by atoms with Crippen LogP contribution < -0.4 is 5.32 Å². The molecule has 1 aromatic heterocycles. The molecule has 23 heavy (non-hydrogen) atoms. The fraction of sp³-hybridized carbons (Fsp3) is 0.158. The van der Waals surface area contributed by atoms with E-state index in [0.29, 0.717) is 10.7 Å². The van der Waals surface area contributed by atoms with Crippen LogP contribution in [0, 0.1) is 0 Å². The number of benzene rings is 2. The highest BCUT2D eigenvalue weighted by molar-refractivity contribution is 6.30. The zero-order chi connectivity index (χ0) is 16.4. The largest absolute Gasteiger partial charge is 0.324 e. The van der Waals surface area contributed by atoms with Gasteiger partial charge in [0.2, 0.25) is 5.91 Å². The Morgan fingerprint density at radius 1 is 1.09 bits per heavy atom. The fourth-order valence-electron chi connectivity index (χ4n) is 2.42. The maximum Gasteiger partial charge on any atom is 0.234 e. The quantitative estimate of drug-likeness (QED) is 0.751. The van der Waals surface area contributed by atoms with Crippen molar-refractivity contribution in [2.24, 2.45) is 0 Å². The van der Waals surface area contributed by atoms with E-state index >= 15 is 0 Å². The van der Waals surface area contributed by atoms with Gasteiger partial charge in [-0.3, -0.25) is 9.78 Å². The summed E-state index contributed by atoms with van der Waals surface area (Å²) in [5.74, 6) is -0.0862. The van der Waals surface area contributed by atoms with Gasteiger partial charge in [-0.15, -0.1) is 0 Å². The standard InChI is InChI=1S/C19H17ClN2O/c1-19(2,14-7-9-15(20)10-8-14)18(23)22-16-11-13-5-3-4-6-17(13)21-12-16/h3-12H,1-2H3,(H,22,23). The molecular weight excluding hydrogens is 308 g/mol. The molecule has 0 spiro atoms. The van der Waals surface area contributed by atoms with Gasteiger partial charge >= 0.3 is 0 Å². The third-order valence-electron chi connectivity index (χ3n) is 3.98. The topological polar surface area (TPSA) is 42.0 Å². The van der Waals surface area contributed by atoms with E-state index in [4.69, 9.17) is 11.6 Å². The summed E-state index contributed by atoms with van der Waals surface area (Å²) < 4.78 is 0.